The summed E-state index contributed by atoms with van der Waals surface area (Å²) in [5.74, 6) is 1.69. The minimum atomic E-state index is 0.0316. The maximum atomic E-state index is 11.1. The highest BCUT2D eigenvalue weighted by Crippen LogP contribution is 2.24. The van der Waals surface area contributed by atoms with Crippen LogP contribution in [0.25, 0.3) is 11.0 Å². The molecule has 148 valence electrons. The number of fused-ring (bicyclic) bond motifs is 1. The number of hydrogen-bond acceptors (Lipinski definition) is 6. The van der Waals surface area contributed by atoms with E-state index in [4.69, 9.17) is 5.73 Å². The molecule has 0 unspecified atom stereocenters. The van der Waals surface area contributed by atoms with E-state index in [1.807, 2.05) is 24.3 Å². The van der Waals surface area contributed by atoms with Crippen molar-refractivity contribution in [1.82, 2.24) is 25.6 Å². The highest BCUT2D eigenvalue weighted by atomic mass is 16.1. The molecule has 0 bridgehead atoms. The Morgan fingerprint density at radius 3 is 2.82 bits per heavy atom. The standard InChI is InChI=1S/C20H27N7O/c1-14(23-17-9-7-16(8-10-17)13-22-15(2)28)24-20(11-12-21)27-19-6-4-3-5-18(19)25-26-27/h3-6,11-12,16-17,23H,1,7-10,13,21H2,2H3,(H,22,28)/b12-11-,24-20?. The van der Waals surface area contributed by atoms with Crippen molar-refractivity contribution in [2.75, 3.05) is 6.54 Å². The van der Waals surface area contributed by atoms with E-state index in [0.29, 0.717) is 23.6 Å². The fourth-order valence-corrected chi connectivity index (χ4v) is 3.48. The predicted molar refractivity (Wildman–Crippen MR) is 110 cm³/mol. The van der Waals surface area contributed by atoms with Crippen molar-refractivity contribution in [1.29, 1.82) is 0 Å². The molecule has 1 aliphatic carbocycles. The summed E-state index contributed by atoms with van der Waals surface area (Å²) >= 11 is 0. The van der Waals surface area contributed by atoms with E-state index >= 15 is 0 Å². The van der Waals surface area contributed by atoms with E-state index in [-0.39, 0.29) is 5.91 Å². The third-order valence-electron chi connectivity index (χ3n) is 4.92. The number of nitrogens with zero attached hydrogens (tertiary/aromatic N) is 4. The molecule has 8 nitrogen and oxygen atoms in total. The van der Waals surface area contributed by atoms with Crippen LogP contribution in [0.1, 0.15) is 32.6 Å². The second-order valence-electron chi connectivity index (χ2n) is 7.06. The number of hydrogen-bond donors (Lipinski definition) is 3. The predicted octanol–water partition coefficient (Wildman–Crippen LogP) is 1.91. The Balaban J connectivity index is 1.63. The summed E-state index contributed by atoms with van der Waals surface area (Å²) in [6.07, 6.45) is 7.28. The zero-order chi connectivity index (χ0) is 19.9. The summed E-state index contributed by atoms with van der Waals surface area (Å²) in [7, 11) is 0. The van der Waals surface area contributed by atoms with Gasteiger partial charge in [-0.2, -0.15) is 4.68 Å². The first-order chi connectivity index (χ1) is 13.6. The molecule has 1 amide bonds. The lowest BCUT2D eigenvalue weighted by atomic mass is 9.86. The Labute approximate surface area is 164 Å². The number of allylic oxidation sites excluding steroid dienone is 1. The van der Waals surface area contributed by atoms with Crippen LogP contribution in [-0.2, 0) is 4.79 Å². The van der Waals surface area contributed by atoms with Crippen LogP contribution in [0.4, 0.5) is 0 Å². The van der Waals surface area contributed by atoms with Crippen molar-refractivity contribution in [3.8, 4) is 0 Å². The number of rotatable bonds is 6. The number of aromatic nitrogens is 3. The van der Waals surface area contributed by atoms with Crippen molar-refractivity contribution in [3.63, 3.8) is 0 Å². The Morgan fingerprint density at radius 2 is 2.11 bits per heavy atom. The molecule has 1 aliphatic rings. The van der Waals surface area contributed by atoms with Gasteiger partial charge in [-0.25, -0.2) is 4.99 Å². The van der Waals surface area contributed by atoms with Gasteiger partial charge in [-0.1, -0.05) is 23.9 Å². The van der Waals surface area contributed by atoms with Gasteiger partial charge in [-0.05, 0) is 56.0 Å². The van der Waals surface area contributed by atoms with Crippen LogP contribution >= 0.6 is 0 Å². The highest BCUT2D eigenvalue weighted by Gasteiger charge is 2.21. The molecule has 0 aliphatic heterocycles. The molecule has 1 aromatic carbocycles. The van der Waals surface area contributed by atoms with Gasteiger partial charge in [-0.15, -0.1) is 5.10 Å². The third-order valence-corrected chi connectivity index (χ3v) is 4.92. The van der Waals surface area contributed by atoms with Crippen LogP contribution in [0, 0.1) is 5.92 Å². The summed E-state index contributed by atoms with van der Waals surface area (Å²) in [4.78, 5) is 15.6. The number of aliphatic imine (C=N–C) groups is 1. The van der Waals surface area contributed by atoms with E-state index in [1.54, 1.807) is 17.7 Å². The van der Waals surface area contributed by atoms with Crippen LogP contribution in [0.2, 0.25) is 0 Å². The first-order valence-corrected chi connectivity index (χ1v) is 9.54. The third kappa shape index (κ3) is 4.97. The van der Waals surface area contributed by atoms with E-state index in [1.165, 1.54) is 6.20 Å². The molecule has 2 aromatic rings. The normalized spacial score (nSPS) is 20.4. The molecule has 4 N–H and O–H groups in total. The maximum Gasteiger partial charge on any atom is 0.216 e. The highest BCUT2D eigenvalue weighted by molar-refractivity contribution is 5.99. The van der Waals surface area contributed by atoms with Crippen molar-refractivity contribution in [3.05, 3.63) is 48.9 Å². The van der Waals surface area contributed by atoms with Gasteiger partial charge in [0.05, 0.1) is 5.52 Å². The number of nitrogens with two attached hydrogens (primary N) is 1. The van der Waals surface area contributed by atoms with Crippen molar-refractivity contribution in [2.24, 2.45) is 16.6 Å². The van der Waals surface area contributed by atoms with Gasteiger partial charge in [0.2, 0.25) is 5.91 Å². The molecule has 3 rings (SSSR count). The summed E-state index contributed by atoms with van der Waals surface area (Å²) in [5, 5.41) is 14.6. The van der Waals surface area contributed by atoms with Crippen LogP contribution in [0.3, 0.4) is 0 Å². The molecule has 1 fully saturated rings. The lowest BCUT2D eigenvalue weighted by Crippen LogP contribution is -2.36. The van der Waals surface area contributed by atoms with Crippen molar-refractivity contribution < 1.29 is 4.79 Å². The summed E-state index contributed by atoms with van der Waals surface area (Å²) in [6.45, 7) is 6.36. The van der Waals surface area contributed by atoms with Gasteiger partial charge in [0.1, 0.15) is 11.3 Å². The largest absolute Gasteiger partial charge is 0.404 e. The fraction of sp³-hybridized carbons (Fsp3) is 0.400. The number of amides is 1. The molecule has 1 heterocycles. The Hall–Kier alpha value is -3.16. The topological polar surface area (TPSA) is 110 Å². The number of carbonyl (C=O) groups is 1. The van der Waals surface area contributed by atoms with E-state index in [9.17, 15) is 4.79 Å². The van der Waals surface area contributed by atoms with E-state index < -0.39 is 0 Å². The van der Waals surface area contributed by atoms with Crippen molar-refractivity contribution >= 4 is 22.8 Å². The van der Waals surface area contributed by atoms with Crippen LogP contribution in [0.15, 0.2) is 53.9 Å². The molecule has 0 saturated heterocycles. The minimum absolute atomic E-state index is 0.0316. The Morgan fingerprint density at radius 1 is 1.36 bits per heavy atom. The van der Waals surface area contributed by atoms with Crippen LogP contribution in [-0.4, -0.2) is 39.3 Å². The molecule has 8 heteroatoms. The fourth-order valence-electron chi connectivity index (χ4n) is 3.48. The SMILES string of the molecule is C=C(N=C(/C=C\N)n1nnc2ccccc21)NC1CCC(CNC(C)=O)CC1. The lowest BCUT2D eigenvalue weighted by molar-refractivity contribution is -0.119. The molecule has 1 aromatic heterocycles. The number of para-hydroxylation sites is 1. The molecule has 28 heavy (non-hydrogen) atoms. The molecule has 1 saturated carbocycles. The van der Waals surface area contributed by atoms with Gasteiger partial charge in [0.15, 0.2) is 5.84 Å². The average molecular weight is 381 g/mol. The minimum Gasteiger partial charge on any atom is -0.404 e. The second kappa shape index (κ2) is 9.16. The van der Waals surface area contributed by atoms with Crippen molar-refractivity contribution in [2.45, 2.75) is 38.6 Å². The van der Waals surface area contributed by atoms with Gasteiger partial charge in [0.25, 0.3) is 0 Å². The number of carbonyl (C=O) groups excluding carboxylic acids is 1. The number of nitrogens with one attached hydrogen (secondary N) is 2. The smallest absolute Gasteiger partial charge is 0.216 e. The zero-order valence-corrected chi connectivity index (χ0v) is 16.1. The molecule has 0 radical (unpaired) electrons. The van der Waals surface area contributed by atoms with E-state index in [0.717, 1.165) is 43.3 Å². The van der Waals surface area contributed by atoms with Gasteiger partial charge >= 0.3 is 0 Å². The maximum absolute atomic E-state index is 11.1. The van der Waals surface area contributed by atoms with Crippen LogP contribution < -0.4 is 16.4 Å². The molecule has 0 spiro atoms. The summed E-state index contributed by atoms with van der Waals surface area (Å²) < 4.78 is 1.65. The quantitative estimate of drug-likeness (QED) is 0.523. The second-order valence-corrected chi connectivity index (χ2v) is 7.06. The lowest BCUT2D eigenvalue weighted by Gasteiger charge is -2.29. The Bertz CT molecular complexity index is 891. The van der Waals surface area contributed by atoms with Gasteiger partial charge in [0, 0.05) is 19.5 Å². The van der Waals surface area contributed by atoms with Crippen LogP contribution in [0.5, 0.6) is 0 Å². The average Bonchev–Trinajstić information content (AvgIpc) is 3.11. The van der Waals surface area contributed by atoms with E-state index in [2.05, 4.69) is 32.5 Å². The summed E-state index contributed by atoms with van der Waals surface area (Å²) in [6, 6.07) is 8.00. The molecule has 0 atom stereocenters. The first-order valence-electron chi connectivity index (χ1n) is 9.54. The molecular formula is C20H27N7O. The number of benzene rings is 1. The van der Waals surface area contributed by atoms with Gasteiger partial charge < -0.3 is 16.4 Å². The monoisotopic (exact) mass is 381 g/mol. The molecular weight excluding hydrogens is 354 g/mol. The first kappa shape index (κ1) is 19.6. The zero-order valence-electron chi connectivity index (χ0n) is 16.1. The summed E-state index contributed by atoms with van der Waals surface area (Å²) in [5.41, 5.74) is 7.24. The van der Waals surface area contributed by atoms with Gasteiger partial charge in [-0.3, -0.25) is 4.79 Å². The Kier molecular flexibility index (Phi) is 6.41.